The van der Waals surface area contributed by atoms with Crippen LogP contribution >= 0.6 is 0 Å². The van der Waals surface area contributed by atoms with Crippen LogP contribution < -0.4 is 0 Å². The number of aromatic nitrogens is 2. The third-order valence-corrected chi connectivity index (χ3v) is 13.3. The minimum Gasteiger partial charge on any atom is -0.228 e. The van der Waals surface area contributed by atoms with Crippen molar-refractivity contribution in [2.75, 3.05) is 0 Å². The Hall–Kier alpha value is -6.38. The Labute approximate surface area is 336 Å². The van der Waals surface area contributed by atoms with Gasteiger partial charge in [-0.2, -0.15) is 0 Å². The number of benzene rings is 7. The largest absolute Gasteiger partial charge is 0.228 e. The lowest BCUT2D eigenvalue weighted by atomic mass is 9.67. The van der Waals surface area contributed by atoms with Crippen molar-refractivity contribution >= 4 is 0 Å². The molecule has 1 saturated carbocycles. The maximum absolute atomic E-state index is 5.06. The molecule has 57 heavy (non-hydrogen) atoms. The highest BCUT2D eigenvalue weighted by Gasteiger charge is 2.46. The first-order chi connectivity index (χ1) is 28.0. The van der Waals surface area contributed by atoms with E-state index in [0.717, 1.165) is 33.9 Å². The summed E-state index contributed by atoms with van der Waals surface area (Å²) in [5.74, 6) is 0.730. The Balaban J connectivity index is 0.958. The van der Waals surface area contributed by atoms with Gasteiger partial charge in [0.15, 0.2) is 5.82 Å². The lowest BCUT2D eigenvalue weighted by Gasteiger charge is -2.36. The first kappa shape index (κ1) is 33.9. The third kappa shape index (κ3) is 5.46. The van der Waals surface area contributed by atoms with Crippen LogP contribution in [0, 0.1) is 0 Å². The summed E-state index contributed by atoms with van der Waals surface area (Å²) < 4.78 is 0. The Morgan fingerprint density at radius 2 is 0.877 bits per heavy atom. The van der Waals surface area contributed by atoms with Crippen LogP contribution in [-0.4, -0.2) is 9.97 Å². The summed E-state index contributed by atoms with van der Waals surface area (Å²) in [5, 5.41) is 0. The predicted molar refractivity (Wildman–Crippen MR) is 236 cm³/mol. The van der Waals surface area contributed by atoms with Crippen LogP contribution in [-0.2, 0) is 10.8 Å². The van der Waals surface area contributed by atoms with Gasteiger partial charge in [-0.25, -0.2) is 9.97 Å². The third-order valence-electron chi connectivity index (χ3n) is 13.3. The molecule has 8 aromatic rings. The summed E-state index contributed by atoms with van der Waals surface area (Å²) in [7, 11) is 0. The van der Waals surface area contributed by atoms with Gasteiger partial charge in [-0.05, 0) is 110 Å². The van der Waals surface area contributed by atoms with Crippen LogP contribution in [0.5, 0.6) is 0 Å². The highest BCUT2D eigenvalue weighted by atomic mass is 14.9. The first-order valence-electron chi connectivity index (χ1n) is 20.6. The summed E-state index contributed by atoms with van der Waals surface area (Å²) in [6.45, 7) is 4.81. The quantitative estimate of drug-likeness (QED) is 0.176. The Morgan fingerprint density at radius 1 is 0.351 bits per heavy atom. The molecule has 1 spiro atoms. The smallest absolute Gasteiger partial charge is 0.160 e. The van der Waals surface area contributed by atoms with E-state index in [1.165, 1.54) is 93.3 Å². The highest BCUT2D eigenvalue weighted by Crippen LogP contribution is 2.60. The van der Waals surface area contributed by atoms with Crippen LogP contribution in [0.15, 0.2) is 170 Å². The minimum absolute atomic E-state index is 0.0211. The molecule has 2 heteroatoms. The molecule has 3 aliphatic carbocycles. The molecule has 2 nitrogen and oxygen atoms in total. The maximum atomic E-state index is 5.06. The zero-order chi connectivity index (χ0) is 38.1. The van der Waals surface area contributed by atoms with Gasteiger partial charge in [0.05, 0.1) is 11.4 Å². The predicted octanol–water partition coefficient (Wildman–Crippen LogP) is 14.3. The van der Waals surface area contributed by atoms with Crippen LogP contribution in [0.2, 0.25) is 0 Å². The van der Waals surface area contributed by atoms with Crippen molar-refractivity contribution in [3.8, 4) is 78.4 Å². The molecule has 0 N–H and O–H groups in total. The zero-order valence-corrected chi connectivity index (χ0v) is 32.6. The Bertz CT molecular complexity index is 2770. The molecule has 1 heterocycles. The van der Waals surface area contributed by atoms with Crippen LogP contribution in [0.3, 0.4) is 0 Å². The van der Waals surface area contributed by atoms with E-state index >= 15 is 0 Å². The number of nitrogens with zero attached hydrogens (tertiary/aromatic N) is 2. The van der Waals surface area contributed by atoms with Gasteiger partial charge in [0.1, 0.15) is 0 Å². The fourth-order valence-corrected chi connectivity index (χ4v) is 10.3. The van der Waals surface area contributed by atoms with Gasteiger partial charge in [-0.1, -0.05) is 173 Å². The van der Waals surface area contributed by atoms with Crippen molar-refractivity contribution in [3.63, 3.8) is 0 Å². The summed E-state index contributed by atoms with van der Waals surface area (Å²) in [6, 6.07) is 62.3. The molecule has 0 aliphatic heterocycles. The fraction of sp³-hybridized carbons (Fsp3) is 0.164. The Morgan fingerprint density at radius 3 is 1.61 bits per heavy atom. The van der Waals surface area contributed by atoms with E-state index in [1.54, 1.807) is 5.56 Å². The molecule has 11 rings (SSSR count). The first-order valence-corrected chi connectivity index (χ1v) is 20.6. The normalized spacial score (nSPS) is 15.5. The fourth-order valence-electron chi connectivity index (χ4n) is 10.3. The van der Waals surface area contributed by atoms with Gasteiger partial charge in [-0.15, -0.1) is 0 Å². The molecule has 7 aromatic carbocycles. The number of hydrogen-bond acceptors (Lipinski definition) is 2. The minimum atomic E-state index is -0.0211. The molecule has 0 amide bonds. The van der Waals surface area contributed by atoms with Crippen molar-refractivity contribution in [1.82, 2.24) is 9.97 Å². The average molecular weight is 733 g/mol. The molecule has 0 atom stereocenters. The van der Waals surface area contributed by atoms with Gasteiger partial charge in [0.25, 0.3) is 0 Å². The topological polar surface area (TPSA) is 25.8 Å². The van der Waals surface area contributed by atoms with E-state index in [1.807, 2.05) is 24.3 Å². The highest BCUT2D eigenvalue weighted by molar-refractivity contribution is 5.91. The summed E-state index contributed by atoms with van der Waals surface area (Å²) >= 11 is 0. The van der Waals surface area contributed by atoms with Gasteiger partial charge in [-0.3, -0.25) is 0 Å². The molecule has 3 aliphatic rings. The lowest BCUT2D eigenvalue weighted by Crippen LogP contribution is -2.28. The SMILES string of the molecule is CC1(C)c2ccccc2-c2cc3c(cc21)-c1cc(-c2cccc(-c4ccc(-c5cc(-c6ccccc6)nc(-c6ccccc6)n5)cc4)c2)ccc1C31CCCCC1. The lowest BCUT2D eigenvalue weighted by molar-refractivity contribution is 0.353. The molecule has 0 bridgehead atoms. The van der Waals surface area contributed by atoms with E-state index in [9.17, 15) is 0 Å². The maximum Gasteiger partial charge on any atom is 0.160 e. The van der Waals surface area contributed by atoms with Crippen molar-refractivity contribution < 1.29 is 0 Å². The number of rotatable bonds is 5. The molecule has 0 unspecified atom stereocenters. The molecule has 0 radical (unpaired) electrons. The van der Waals surface area contributed by atoms with Gasteiger partial charge < -0.3 is 0 Å². The van der Waals surface area contributed by atoms with Crippen molar-refractivity contribution in [1.29, 1.82) is 0 Å². The second kappa shape index (κ2) is 13.1. The summed E-state index contributed by atoms with van der Waals surface area (Å²) in [5.41, 5.74) is 21.7. The van der Waals surface area contributed by atoms with E-state index in [2.05, 4.69) is 159 Å². The summed E-state index contributed by atoms with van der Waals surface area (Å²) in [6.07, 6.45) is 6.39. The molecular weight excluding hydrogens is 689 g/mol. The van der Waals surface area contributed by atoms with E-state index in [-0.39, 0.29) is 10.8 Å². The van der Waals surface area contributed by atoms with Crippen molar-refractivity contribution in [3.05, 3.63) is 192 Å². The van der Waals surface area contributed by atoms with Crippen molar-refractivity contribution in [2.24, 2.45) is 0 Å². The van der Waals surface area contributed by atoms with Gasteiger partial charge >= 0.3 is 0 Å². The number of hydrogen-bond donors (Lipinski definition) is 0. The van der Waals surface area contributed by atoms with Crippen LogP contribution in [0.4, 0.5) is 0 Å². The molecule has 1 aromatic heterocycles. The van der Waals surface area contributed by atoms with Crippen LogP contribution in [0.1, 0.15) is 68.2 Å². The second-order valence-corrected chi connectivity index (χ2v) is 16.9. The average Bonchev–Trinajstić information content (AvgIpc) is 3.66. The van der Waals surface area contributed by atoms with E-state index in [4.69, 9.17) is 9.97 Å². The number of fused-ring (bicyclic) bond motifs is 8. The van der Waals surface area contributed by atoms with Crippen LogP contribution in [0.25, 0.3) is 78.4 Å². The molecule has 274 valence electrons. The zero-order valence-electron chi connectivity index (χ0n) is 32.6. The van der Waals surface area contributed by atoms with E-state index in [0.29, 0.717) is 0 Å². The van der Waals surface area contributed by atoms with Crippen molar-refractivity contribution in [2.45, 2.75) is 56.8 Å². The molecular formula is C55H44N2. The second-order valence-electron chi connectivity index (χ2n) is 16.9. The van der Waals surface area contributed by atoms with Gasteiger partial charge in [0.2, 0.25) is 0 Å². The molecule has 0 saturated heterocycles. The Kier molecular flexibility index (Phi) is 7.80. The monoisotopic (exact) mass is 732 g/mol. The molecule has 1 fully saturated rings. The van der Waals surface area contributed by atoms with E-state index < -0.39 is 0 Å². The standard InChI is InChI=1S/C55H44N2/c1-54(2)47-22-11-10-21-43(47)45-34-50-46(33-49(45)54)44-32-42(27-28-48(44)55(50)29-12-5-13-30-55)41-20-14-19-40(31-41)36-23-25-38(26-24-36)52-35-51(37-15-6-3-7-16-37)56-53(57-52)39-17-8-4-9-18-39/h3-4,6-11,14-28,31-35H,5,12-13,29-30H2,1-2H3. The van der Waals surface area contributed by atoms with Gasteiger partial charge in [0, 0.05) is 27.5 Å². The summed E-state index contributed by atoms with van der Waals surface area (Å²) in [4.78, 5) is 10.0.